The normalized spacial score (nSPS) is 16.5. The number of hydrogen-bond acceptors (Lipinski definition) is 3. The molecule has 0 amide bonds. The molecule has 1 aromatic carbocycles. The Morgan fingerprint density at radius 2 is 2.06 bits per heavy atom. The second kappa shape index (κ2) is 5.32. The molecular weight excluding hydrogens is 214 g/mol. The zero-order valence-corrected chi connectivity index (χ0v) is 10.2. The maximum Gasteiger partial charge on any atom is 0.313 e. The fourth-order valence-corrected chi connectivity index (χ4v) is 1.93. The largest absolute Gasteiger partial charge is 0.466 e. The number of rotatable bonds is 6. The number of nitrogens with one attached hydrogen (secondary N) is 1. The fourth-order valence-electron chi connectivity index (χ4n) is 1.93. The Kier molecular flexibility index (Phi) is 3.79. The van der Waals surface area contributed by atoms with E-state index in [1.54, 1.807) is 0 Å². The van der Waals surface area contributed by atoms with E-state index >= 15 is 0 Å². The summed E-state index contributed by atoms with van der Waals surface area (Å²) in [6.07, 6.45) is 1.90. The molecule has 92 valence electrons. The summed E-state index contributed by atoms with van der Waals surface area (Å²) < 4.78 is 5.09. The van der Waals surface area contributed by atoms with Crippen LogP contribution in [0.25, 0.3) is 0 Å². The lowest BCUT2D eigenvalue weighted by Gasteiger charge is -2.14. The lowest BCUT2D eigenvalue weighted by molar-refractivity contribution is -0.149. The molecule has 1 aromatic rings. The summed E-state index contributed by atoms with van der Waals surface area (Å²) in [4.78, 5) is 11.7. The zero-order chi connectivity index (χ0) is 12.1. The van der Waals surface area contributed by atoms with Gasteiger partial charge in [-0.3, -0.25) is 4.79 Å². The minimum atomic E-state index is -0.231. The Hall–Kier alpha value is -1.35. The third-order valence-corrected chi connectivity index (χ3v) is 3.20. The van der Waals surface area contributed by atoms with Crippen molar-refractivity contribution in [3.63, 3.8) is 0 Å². The van der Waals surface area contributed by atoms with Crippen LogP contribution in [0.1, 0.15) is 25.3 Å². The molecule has 1 aliphatic carbocycles. The van der Waals surface area contributed by atoms with Crippen LogP contribution < -0.4 is 5.32 Å². The van der Waals surface area contributed by atoms with Crippen molar-refractivity contribution in [2.24, 2.45) is 5.41 Å². The number of hydrogen-bond donors (Lipinski definition) is 1. The second-order valence-corrected chi connectivity index (χ2v) is 4.59. The van der Waals surface area contributed by atoms with Crippen molar-refractivity contribution < 1.29 is 9.53 Å². The van der Waals surface area contributed by atoms with Gasteiger partial charge in [-0.1, -0.05) is 30.3 Å². The Bertz CT molecular complexity index is 371. The van der Waals surface area contributed by atoms with Crippen LogP contribution in [0.3, 0.4) is 0 Å². The van der Waals surface area contributed by atoms with Gasteiger partial charge in [0.2, 0.25) is 0 Å². The van der Waals surface area contributed by atoms with E-state index < -0.39 is 0 Å². The Morgan fingerprint density at radius 1 is 1.35 bits per heavy atom. The first-order chi connectivity index (χ1) is 8.27. The Balaban J connectivity index is 1.77. The van der Waals surface area contributed by atoms with E-state index in [4.69, 9.17) is 4.74 Å². The number of carbonyl (C=O) groups is 1. The second-order valence-electron chi connectivity index (χ2n) is 4.59. The van der Waals surface area contributed by atoms with E-state index in [-0.39, 0.29) is 11.4 Å². The van der Waals surface area contributed by atoms with E-state index in [9.17, 15) is 4.79 Å². The van der Waals surface area contributed by atoms with Crippen LogP contribution in [0, 0.1) is 5.41 Å². The van der Waals surface area contributed by atoms with Crippen LogP contribution in [-0.2, 0) is 16.1 Å². The summed E-state index contributed by atoms with van der Waals surface area (Å²) >= 11 is 0. The van der Waals surface area contributed by atoms with Crippen LogP contribution in [0.5, 0.6) is 0 Å². The molecule has 0 aromatic heterocycles. The number of carbonyl (C=O) groups excluding carboxylic acids is 1. The molecule has 17 heavy (non-hydrogen) atoms. The molecule has 0 spiro atoms. The molecule has 0 unspecified atom stereocenters. The molecule has 1 N–H and O–H groups in total. The molecule has 1 fully saturated rings. The summed E-state index contributed by atoms with van der Waals surface area (Å²) in [7, 11) is 0. The molecule has 1 saturated carbocycles. The van der Waals surface area contributed by atoms with Gasteiger partial charge in [0.15, 0.2) is 0 Å². The third kappa shape index (κ3) is 3.07. The zero-order valence-electron chi connectivity index (χ0n) is 10.2. The average molecular weight is 233 g/mol. The van der Waals surface area contributed by atoms with Crippen molar-refractivity contribution in [3.05, 3.63) is 35.9 Å². The molecule has 0 bridgehead atoms. The van der Waals surface area contributed by atoms with Crippen molar-refractivity contribution >= 4 is 5.97 Å². The molecule has 0 radical (unpaired) electrons. The first-order valence-corrected chi connectivity index (χ1v) is 6.19. The Morgan fingerprint density at radius 3 is 2.65 bits per heavy atom. The fraction of sp³-hybridized carbons (Fsp3) is 0.500. The molecule has 0 aliphatic heterocycles. The van der Waals surface area contributed by atoms with Gasteiger partial charge in [-0.2, -0.15) is 0 Å². The standard InChI is InChI=1S/C14H19NO2/c1-2-17-13(16)14(8-9-14)11-15-10-12-6-4-3-5-7-12/h3-7,15H,2,8-11H2,1H3. The average Bonchev–Trinajstić information content (AvgIpc) is 3.12. The van der Waals surface area contributed by atoms with Gasteiger partial charge >= 0.3 is 5.97 Å². The molecule has 2 rings (SSSR count). The Labute approximate surface area is 102 Å². The van der Waals surface area contributed by atoms with Crippen LogP contribution >= 0.6 is 0 Å². The van der Waals surface area contributed by atoms with E-state index in [1.165, 1.54) is 5.56 Å². The SMILES string of the molecule is CCOC(=O)C1(CNCc2ccccc2)CC1. The molecule has 0 atom stereocenters. The van der Waals surface area contributed by atoms with Gasteiger partial charge in [0.25, 0.3) is 0 Å². The molecule has 0 saturated heterocycles. The monoisotopic (exact) mass is 233 g/mol. The highest BCUT2D eigenvalue weighted by molar-refractivity contribution is 5.80. The van der Waals surface area contributed by atoms with Crippen molar-refractivity contribution in [3.8, 4) is 0 Å². The van der Waals surface area contributed by atoms with Crippen LogP contribution in [0.2, 0.25) is 0 Å². The van der Waals surface area contributed by atoms with E-state index in [2.05, 4.69) is 17.4 Å². The summed E-state index contributed by atoms with van der Waals surface area (Å²) in [6.45, 7) is 3.85. The van der Waals surface area contributed by atoms with Gasteiger partial charge in [-0.15, -0.1) is 0 Å². The van der Waals surface area contributed by atoms with Gasteiger partial charge in [0.1, 0.15) is 0 Å². The predicted octanol–water partition coefficient (Wildman–Crippen LogP) is 2.12. The summed E-state index contributed by atoms with van der Waals surface area (Å²) in [6, 6.07) is 10.2. The van der Waals surface area contributed by atoms with Gasteiger partial charge < -0.3 is 10.1 Å². The van der Waals surface area contributed by atoms with Crippen molar-refractivity contribution in [1.29, 1.82) is 0 Å². The van der Waals surface area contributed by atoms with Gasteiger partial charge in [0, 0.05) is 13.1 Å². The number of benzene rings is 1. The molecule has 3 nitrogen and oxygen atoms in total. The topological polar surface area (TPSA) is 38.3 Å². The maximum absolute atomic E-state index is 11.7. The first kappa shape index (κ1) is 12.1. The smallest absolute Gasteiger partial charge is 0.313 e. The predicted molar refractivity (Wildman–Crippen MR) is 66.4 cm³/mol. The first-order valence-electron chi connectivity index (χ1n) is 6.19. The highest BCUT2D eigenvalue weighted by Gasteiger charge is 2.50. The third-order valence-electron chi connectivity index (χ3n) is 3.20. The number of esters is 1. The molecule has 1 aliphatic rings. The van der Waals surface area contributed by atoms with Crippen LogP contribution in [0.4, 0.5) is 0 Å². The van der Waals surface area contributed by atoms with Crippen molar-refractivity contribution in [1.82, 2.24) is 5.32 Å². The quantitative estimate of drug-likeness (QED) is 0.765. The van der Waals surface area contributed by atoms with Gasteiger partial charge in [-0.05, 0) is 25.3 Å². The minimum absolute atomic E-state index is 0.0411. The number of ether oxygens (including phenoxy) is 1. The lowest BCUT2D eigenvalue weighted by atomic mass is 10.1. The highest BCUT2D eigenvalue weighted by Crippen LogP contribution is 2.46. The van der Waals surface area contributed by atoms with Crippen LogP contribution in [-0.4, -0.2) is 19.1 Å². The molecular formula is C14H19NO2. The summed E-state index contributed by atoms with van der Waals surface area (Å²) in [5.74, 6) is -0.0411. The van der Waals surface area contributed by atoms with E-state index in [1.807, 2.05) is 25.1 Å². The summed E-state index contributed by atoms with van der Waals surface area (Å²) in [5, 5.41) is 3.34. The van der Waals surface area contributed by atoms with E-state index in [0.717, 1.165) is 25.9 Å². The lowest BCUT2D eigenvalue weighted by Crippen LogP contribution is -2.31. The van der Waals surface area contributed by atoms with E-state index in [0.29, 0.717) is 6.61 Å². The summed E-state index contributed by atoms with van der Waals surface area (Å²) in [5.41, 5.74) is 1.01. The molecule has 3 heteroatoms. The molecule has 0 heterocycles. The highest BCUT2D eigenvalue weighted by atomic mass is 16.5. The van der Waals surface area contributed by atoms with Crippen LogP contribution in [0.15, 0.2) is 30.3 Å². The van der Waals surface area contributed by atoms with Gasteiger partial charge in [0.05, 0.1) is 12.0 Å². The van der Waals surface area contributed by atoms with Crippen molar-refractivity contribution in [2.45, 2.75) is 26.3 Å². The minimum Gasteiger partial charge on any atom is -0.466 e. The maximum atomic E-state index is 11.7. The van der Waals surface area contributed by atoms with Crippen molar-refractivity contribution in [2.75, 3.05) is 13.2 Å². The van der Waals surface area contributed by atoms with Gasteiger partial charge in [-0.25, -0.2) is 0 Å².